The number of halogens is 2. The second-order valence-electron chi connectivity index (χ2n) is 5.96. The molecular formula is C19H15F2N3O4. The van der Waals surface area contributed by atoms with Gasteiger partial charge in [-0.05, 0) is 25.1 Å². The van der Waals surface area contributed by atoms with Crippen LogP contribution in [0.1, 0.15) is 17.4 Å². The van der Waals surface area contributed by atoms with E-state index in [1.165, 1.54) is 26.1 Å². The van der Waals surface area contributed by atoms with Crippen molar-refractivity contribution in [3.63, 3.8) is 0 Å². The van der Waals surface area contributed by atoms with E-state index in [4.69, 9.17) is 4.74 Å². The highest BCUT2D eigenvalue weighted by atomic mass is 19.1. The zero-order valence-corrected chi connectivity index (χ0v) is 14.9. The van der Waals surface area contributed by atoms with Crippen molar-refractivity contribution in [2.24, 2.45) is 7.05 Å². The lowest BCUT2D eigenvalue weighted by Crippen LogP contribution is -2.32. The molecule has 1 aromatic heterocycles. The Morgan fingerprint density at radius 2 is 1.68 bits per heavy atom. The molecule has 1 heterocycles. The summed E-state index contributed by atoms with van der Waals surface area (Å²) in [7, 11) is 1.38. The van der Waals surface area contributed by atoms with Crippen molar-refractivity contribution in [3.05, 3.63) is 70.1 Å². The summed E-state index contributed by atoms with van der Waals surface area (Å²) in [6, 6.07) is 9.44. The highest BCUT2D eigenvalue weighted by Gasteiger charge is 2.24. The molecule has 0 bridgehead atoms. The molecule has 0 aliphatic rings. The minimum Gasteiger partial charge on any atom is -0.448 e. The van der Waals surface area contributed by atoms with Crippen molar-refractivity contribution in [2.75, 3.05) is 5.32 Å². The average molecular weight is 387 g/mol. The smallest absolute Gasteiger partial charge is 0.360 e. The zero-order chi connectivity index (χ0) is 20.4. The Labute approximate surface area is 157 Å². The number of fused-ring (bicyclic) bond motifs is 1. The second-order valence-corrected chi connectivity index (χ2v) is 5.96. The SMILES string of the molecule is C[C@@H](OC(=O)c1nn(C)c(=O)c2ccccc12)C(=O)Nc1c(F)cccc1F. The summed E-state index contributed by atoms with van der Waals surface area (Å²) in [4.78, 5) is 36.8. The van der Waals surface area contributed by atoms with Gasteiger partial charge in [0.2, 0.25) is 0 Å². The summed E-state index contributed by atoms with van der Waals surface area (Å²) in [5.41, 5.74) is -1.19. The third kappa shape index (κ3) is 3.59. The van der Waals surface area contributed by atoms with Crippen molar-refractivity contribution in [2.45, 2.75) is 13.0 Å². The molecule has 1 atom stereocenters. The molecule has 0 aliphatic carbocycles. The van der Waals surface area contributed by atoms with Crippen molar-refractivity contribution in [3.8, 4) is 0 Å². The predicted octanol–water partition coefficient (Wildman–Crippen LogP) is 2.40. The number of carbonyl (C=O) groups is 2. The molecule has 0 unspecified atom stereocenters. The first-order chi connectivity index (χ1) is 13.3. The van der Waals surface area contributed by atoms with Crippen LogP contribution in [-0.4, -0.2) is 27.8 Å². The number of benzene rings is 2. The van der Waals surface area contributed by atoms with E-state index in [2.05, 4.69) is 10.4 Å². The van der Waals surface area contributed by atoms with E-state index in [1.54, 1.807) is 12.1 Å². The van der Waals surface area contributed by atoms with Gasteiger partial charge in [0.15, 0.2) is 11.8 Å². The van der Waals surface area contributed by atoms with Crippen LogP contribution < -0.4 is 10.9 Å². The molecule has 9 heteroatoms. The molecule has 2 aromatic carbocycles. The molecule has 0 spiro atoms. The molecule has 144 valence electrons. The Kier molecular flexibility index (Phi) is 5.16. The maximum atomic E-state index is 13.7. The third-order valence-corrected chi connectivity index (χ3v) is 4.01. The summed E-state index contributed by atoms with van der Waals surface area (Å²) < 4.78 is 33.4. The van der Waals surface area contributed by atoms with Crippen LogP contribution >= 0.6 is 0 Å². The fourth-order valence-corrected chi connectivity index (χ4v) is 2.56. The Balaban J connectivity index is 1.83. The summed E-state index contributed by atoms with van der Waals surface area (Å²) in [6.07, 6.45) is -1.37. The van der Waals surface area contributed by atoms with Gasteiger partial charge in [-0.1, -0.05) is 24.3 Å². The van der Waals surface area contributed by atoms with Crippen LogP contribution in [-0.2, 0) is 16.6 Å². The summed E-state index contributed by atoms with van der Waals surface area (Å²) in [6.45, 7) is 1.25. The summed E-state index contributed by atoms with van der Waals surface area (Å²) in [5.74, 6) is -3.80. The van der Waals surface area contributed by atoms with E-state index >= 15 is 0 Å². The van der Waals surface area contributed by atoms with Crippen molar-refractivity contribution in [1.82, 2.24) is 9.78 Å². The molecule has 1 N–H and O–H groups in total. The molecule has 0 saturated heterocycles. The Morgan fingerprint density at radius 1 is 1.07 bits per heavy atom. The Morgan fingerprint density at radius 3 is 2.32 bits per heavy atom. The second kappa shape index (κ2) is 7.55. The lowest BCUT2D eigenvalue weighted by Gasteiger charge is -2.15. The molecular weight excluding hydrogens is 372 g/mol. The minimum atomic E-state index is -1.37. The number of nitrogens with one attached hydrogen (secondary N) is 1. The van der Waals surface area contributed by atoms with E-state index in [9.17, 15) is 23.2 Å². The first-order valence-electron chi connectivity index (χ1n) is 8.21. The Bertz CT molecular complexity index is 1120. The number of aromatic nitrogens is 2. The van der Waals surface area contributed by atoms with Gasteiger partial charge in [-0.25, -0.2) is 18.3 Å². The lowest BCUT2D eigenvalue weighted by atomic mass is 10.1. The van der Waals surface area contributed by atoms with E-state index in [-0.39, 0.29) is 16.5 Å². The number of ether oxygens (including phenoxy) is 1. The number of rotatable bonds is 4. The Hall–Kier alpha value is -3.62. The van der Waals surface area contributed by atoms with Crippen molar-refractivity contribution < 1.29 is 23.1 Å². The van der Waals surface area contributed by atoms with Crippen molar-refractivity contribution >= 4 is 28.3 Å². The number of hydrogen-bond donors (Lipinski definition) is 1. The molecule has 28 heavy (non-hydrogen) atoms. The maximum Gasteiger partial charge on any atom is 0.360 e. The lowest BCUT2D eigenvalue weighted by molar-refractivity contribution is -0.123. The van der Waals surface area contributed by atoms with Gasteiger partial charge in [-0.3, -0.25) is 9.59 Å². The van der Waals surface area contributed by atoms with E-state index in [1.807, 2.05) is 0 Å². The van der Waals surface area contributed by atoms with Crippen LogP contribution in [0.3, 0.4) is 0 Å². The van der Waals surface area contributed by atoms with Gasteiger partial charge in [0, 0.05) is 12.4 Å². The van der Waals surface area contributed by atoms with Crippen LogP contribution in [0, 0.1) is 11.6 Å². The number of hydrogen-bond acceptors (Lipinski definition) is 5. The molecule has 7 nitrogen and oxygen atoms in total. The first-order valence-corrected chi connectivity index (χ1v) is 8.21. The highest BCUT2D eigenvalue weighted by molar-refractivity contribution is 6.03. The van der Waals surface area contributed by atoms with Gasteiger partial charge in [0.25, 0.3) is 11.5 Å². The standard InChI is InChI=1S/C19H15F2N3O4/c1-10(17(25)22-16-13(20)8-5-9-14(16)21)28-19(27)15-11-6-3-4-7-12(11)18(26)24(2)23-15/h3-10H,1-2H3,(H,22,25)/t10-/m1/s1. The predicted molar refractivity (Wildman–Crippen MR) is 96.8 cm³/mol. The van der Waals surface area contributed by atoms with Gasteiger partial charge in [0.05, 0.1) is 5.39 Å². The van der Waals surface area contributed by atoms with E-state index in [0.717, 1.165) is 22.9 Å². The van der Waals surface area contributed by atoms with Gasteiger partial charge in [-0.15, -0.1) is 0 Å². The highest BCUT2D eigenvalue weighted by Crippen LogP contribution is 2.19. The fraction of sp³-hybridized carbons (Fsp3) is 0.158. The van der Waals surface area contributed by atoms with Gasteiger partial charge >= 0.3 is 5.97 Å². The van der Waals surface area contributed by atoms with E-state index in [0.29, 0.717) is 0 Å². The number of nitrogens with zero attached hydrogens (tertiary/aromatic N) is 2. The number of anilines is 1. The first kappa shape index (κ1) is 19.2. The summed E-state index contributed by atoms with van der Waals surface area (Å²) in [5, 5.41) is 6.48. The normalized spacial score (nSPS) is 11.9. The molecule has 1 amide bonds. The average Bonchev–Trinajstić information content (AvgIpc) is 2.67. The van der Waals surface area contributed by atoms with Gasteiger partial charge in [-0.2, -0.15) is 5.10 Å². The molecule has 3 rings (SSSR count). The third-order valence-electron chi connectivity index (χ3n) is 4.01. The van der Waals surface area contributed by atoms with Crippen molar-refractivity contribution in [1.29, 1.82) is 0 Å². The number of carbonyl (C=O) groups excluding carboxylic acids is 2. The maximum absolute atomic E-state index is 13.7. The zero-order valence-electron chi connectivity index (χ0n) is 14.9. The van der Waals surface area contributed by atoms with E-state index < -0.39 is 40.9 Å². The molecule has 0 saturated carbocycles. The van der Waals surface area contributed by atoms with Gasteiger partial charge < -0.3 is 10.1 Å². The minimum absolute atomic E-state index is 0.158. The van der Waals surface area contributed by atoms with Crippen LogP contribution in [0.2, 0.25) is 0 Å². The topological polar surface area (TPSA) is 90.3 Å². The van der Waals surface area contributed by atoms with Crippen LogP contribution in [0.15, 0.2) is 47.3 Å². The van der Waals surface area contributed by atoms with Crippen LogP contribution in [0.25, 0.3) is 10.8 Å². The number of esters is 1. The molecule has 0 fully saturated rings. The quantitative estimate of drug-likeness (QED) is 0.695. The summed E-state index contributed by atoms with van der Waals surface area (Å²) >= 11 is 0. The molecule has 3 aromatic rings. The fourth-order valence-electron chi connectivity index (χ4n) is 2.56. The number of aryl methyl sites for hydroxylation is 1. The molecule has 0 radical (unpaired) electrons. The van der Waals surface area contributed by atoms with Crippen LogP contribution in [0.4, 0.5) is 14.5 Å². The molecule has 0 aliphatic heterocycles. The van der Waals surface area contributed by atoms with Gasteiger partial charge in [0.1, 0.15) is 17.3 Å². The monoisotopic (exact) mass is 387 g/mol. The van der Waals surface area contributed by atoms with Crippen LogP contribution in [0.5, 0.6) is 0 Å². The number of amides is 1. The number of para-hydroxylation sites is 1. The largest absolute Gasteiger partial charge is 0.448 e.